The molecule has 1 aromatic heterocycles. The van der Waals surface area contributed by atoms with Gasteiger partial charge in [0.2, 0.25) is 11.8 Å². The number of aromatic amines is 2. The molecule has 2 aliphatic heterocycles. The summed E-state index contributed by atoms with van der Waals surface area (Å²) in [6.45, 7) is 3.61. The van der Waals surface area contributed by atoms with Crippen molar-refractivity contribution in [1.82, 2.24) is 9.97 Å². The van der Waals surface area contributed by atoms with Gasteiger partial charge in [0.05, 0.1) is 5.57 Å². The molecule has 3 N–H and O–H groups in total. The molecule has 1 amide bonds. The maximum atomic E-state index is 13.5. The predicted molar refractivity (Wildman–Crippen MR) is 106 cm³/mol. The Kier molecular flexibility index (Phi) is 4.06. The lowest BCUT2D eigenvalue weighted by Crippen LogP contribution is -2.51. The van der Waals surface area contributed by atoms with Gasteiger partial charge in [-0.1, -0.05) is 13.8 Å². The molecule has 12 heteroatoms. The van der Waals surface area contributed by atoms with Crippen LogP contribution in [-0.4, -0.2) is 28.0 Å². The van der Waals surface area contributed by atoms with Gasteiger partial charge in [0, 0.05) is 24.1 Å². The summed E-state index contributed by atoms with van der Waals surface area (Å²) in [5, 5.41) is 2.54. The zero-order valence-electron chi connectivity index (χ0n) is 17.2. The van der Waals surface area contributed by atoms with E-state index < -0.39 is 51.4 Å². The second kappa shape index (κ2) is 6.36. The van der Waals surface area contributed by atoms with Crippen LogP contribution in [0.2, 0.25) is 0 Å². The van der Waals surface area contributed by atoms with Crippen LogP contribution in [0, 0.1) is 5.41 Å². The molecule has 0 bridgehead atoms. The first-order chi connectivity index (χ1) is 15.3. The zero-order chi connectivity index (χ0) is 23.9. The molecule has 33 heavy (non-hydrogen) atoms. The second-order valence-electron chi connectivity index (χ2n) is 8.91. The number of Topliss-reactive ketones (excluding diaryl/α,β-unsaturated/α-hetero) is 1. The molecule has 1 aromatic carbocycles. The van der Waals surface area contributed by atoms with E-state index in [2.05, 4.69) is 15.0 Å². The van der Waals surface area contributed by atoms with Crippen molar-refractivity contribution < 1.29 is 32.2 Å². The van der Waals surface area contributed by atoms with Crippen LogP contribution in [0.15, 0.2) is 39.1 Å². The number of allylic oxidation sites excluding steroid dienone is 1. The molecule has 0 saturated heterocycles. The smallest absolute Gasteiger partial charge is 0.444 e. The Hall–Kier alpha value is -3.83. The Balaban J connectivity index is 1.88. The molecule has 3 aliphatic rings. The minimum absolute atomic E-state index is 0.00882. The van der Waals surface area contributed by atoms with Gasteiger partial charge in [-0.05, 0) is 23.6 Å². The van der Waals surface area contributed by atoms with Crippen LogP contribution in [-0.2, 0) is 15.0 Å². The first-order valence-electron chi connectivity index (χ1n) is 9.85. The number of rotatable bonds is 1. The summed E-state index contributed by atoms with van der Waals surface area (Å²) in [6.07, 6.45) is -4.82. The number of hydrogen-bond donors (Lipinski definition) is 3. The van der Waals surface area contributed by atoms with Gasteiger partial charge in [-0.25, -0.2) is 4.79 Å². The molecule has 9 nitrogen and oxygen atoms in total. The van der Waals surface area contributed by atoms with Gasteiger partial charge < -0.3 is 14.8 Å². The molecule has 1 unspecified atom stereocenters. The maximum absolute atomic E-state index is 13.5. The summed E-state index contributed by atoms with van der Waals surface area (Å²) < 4.78 is 48.4. The SMILES string of the molecule is CC1(C)CC(=O)C2=C(C1)Oc1[nH]c(=O)[nH]c(=O)c1C21C(=O)Nc2ccc(OC(F)(F)F)cc21. The molecule has 1 atom stereocenters. The van der Waals surface area contributed by atoms with Crippen LogP contribution in [0.25, 0.3) is 0 Å². The Morgan fingerprint density at radius 2 is 1.79 bits per heavy atom. The number of carbonyl (C=O) groups is 2. The number of fused-ring (bicyclic) bond motifs is 5. The number of ketones is 1. The highest BCUT2D eigenvalue weighted by atomic mass is 19.4. The maximum Gasteiger partial charge on any atom is 0.573 e. The van der Waals surface area contributed by atoms with Gasteiger partial charge in [0.1, 0.15) is 22.5 Å². The lowest BCUT2D eigenvalue weighted by molar-refractivity contribution is -0.274. The Bertz CT molecular complexity index is 1400. The fourth-order valence-corrected chi connectivity index (χ4v) is 4.87. The van der Waals surface area contributed by atoms with Crippen LogP contribution in [0.4, 0.5) is 18.9 Å². The molecule has 1 aliphatic carbocycles. The van der Waals surface area contributed by atoms with Gasteiger partial charge in [-0.3, -0.25) is 24.4 Å². The van der Waals surface area contributed by atoms with Crippen molar-refractivity contribution >= 4 is 17.4 Å². The highest BCUT2D eigenvalue weighted by Crippen LogP contribution is 2.56. The minimum Gasteiger partial charge on any atom is -0.444 e. The highest BCUT2D eigenvalue weighted by Gasteiger charge is 2.61. The number of alkyl halides is 3. The fraction of sp³-hybridized carbons (Fsp3) is 0.333. The number of aromatic nitrogens is 2. The van der Waals surface area contributed by atoms with Crippen molar-refractivity contribution in [3.8, 4) is 11.6 Å². The highest BCUT2D eigenvalue weighted by molar-refractivity contribution is 6.19. The van der Waals surface area contributed by atoms with Gasteiger partial charge in [0.15, 0.2) is 5.78 Å². The van der Waals surface area contributed by atoms with Crippen molar-refractivity contribution in [3.63, 3.8) is 0 Å². The topological polar surface area (TPSA) is 130 Å². The average Bonchev–Trinajstić information content (AvgIpc) is 2.90. The quantitative estimate of drug-likeness (QED) is 0.595. The summed E-state index contributed by atoms with van der Waals surface area (Å²) in [5.41, 5.74) is -5.14. The van der Waals surface area contributed by atoms with E-state index in [0.29, 0.717) is 0 Å². The lowest BCUT2D eigenvalue weighted by Gasteiger charge is -2.41. The molecule has 0 fully saturated rings. The van der Waals surface area contributed by atoms with Gasteiger partial charge in [-0.2, -0.15) is 0 Å². The number of hydrogen-bond acceptors (Lipinski definition) is 6. The summed E-state index contributed by atoms with van der Waals surface area (Å²) in [7, 11) is 0. The predicted octanol–water partition coefficient (Wildman–Crippen LogP) is 2.24. The Morgan fingerprint density at radius 3 is 2.48 bits per heavy atom. The first kappa shape index (κ1) is 21.0. The zero-order valence-corrected chi connectivity index (χ0v) is 17.2. The Labute approximate surface area is 182 Å². The van der Waals surface area contributed by atoms with E-state index in [1.165, 1.54) is 6.07 Å². The molecule has 0 saturated carbocycles. The van der Waals surface area contributed by atoms with Crippen LogP contribution in [0.1, 0.15) is 37.8 Å². The van der Waals surface area contributed by atoms with E-state index in [4.69, 9.17) is 4.74 Å². The number of amides is 1. The molecular formula is C21H16F3N3O6. The van der Waals surface area contributed by atoms with Crippen LogP contribution < -0.4 is 26.0 Å². The van der Waals surface area contributed by atoms with E-state index in [9.17, 15) is 32.3 Å². The third-order valence-corrected chi connectivity index (χ3v) is 5.94. The van der Waals surface area contributed by atoms with Crippen LogP contribution in [0.5, 0.6) is 11.6 Å². The van der Waals surface area contributed by atoms with Crippen molar-refractivity contribution in [2.24, 2.45) is 5.41 Å². The molecule has 3 heterocycles. The van der Waals surface area contributed by atoms with E-state index >= 15 is 0 Å². The van der Waals surface area contributed by atoms with Crippen molar-refractivity contribution in [2.75, 3.05) is 5.32 Å². The summed E-state index contributed by atoms with van der Waals surface area (Å²) in [4.78, 5) is 56.1. The lowest BCUT2D eigenvalue weighted by atomic mass is 9.62. The summed E-state index contributed by atoms with van der Waals surface area (Å²) >= 11 is 0. The Morgan fingerprint density at radius 1 is 1.06 bits per heavy atom. The number of benzene rings is 1. The van der Waals surface area contributed by atoms with Gasteiger partial charge in [0.25, 0.3) is 5.56 Å². The number of halogens is 3. The second-order valence-corrected chi connectivity index (χ2v) is 8.91. The normalized spacial score (nSPS) is 22.9. The van der Waals surface area contributed by atoms with E-state index in [0.717, 1.165) is 12.1 Å². The number of anilines is 1. The van der Waals surface area contributed by atoms with E-state index in [1.54, 1.807) is 13.8 Å². The summed E-state index contributed by atoms with van der Waals surface area (Å²) in [6, 6.07) is 3.15. The van der Waals surface area contributed by atoms with E-state index in [1.807, 2.05) is 4.98 Å². The fourth-order valence-electron chi connectivity index (χ4n) is 4.87. The first-order valence-corrected chi connectivity index (χ1v) is 9.85. The van der Waals surface area contributed by atoms with Gasteiger partial charge in [-0.15, -0.1) is 13.2 Å². The molecule has 1 spiro atoms. The van der Waals surface area contributed by atoms with Crippen LogP contribution >= 0.6 is 0 Å². The molecule has 2 aromatic rings. The average molecular weight is 463 g/mol. The third-order valence-electron chi connectivity index (χ3n) is 5.94. The van der Waals surface area contributed by atoms with Crippen molar-refractivity contribution in [3.05, 3.63) is 61.5 Å². The number of carbonyl (C=O) groups excluding carboxylic acids is 2. The number of H-pyrrole nitrogens is 2. The summed E-state index contributed by atoms with van der Waals surface area (Å²) in [5.74, 6) is -2.25. The van der Waals surface area contributed by atoms with E-state index in [-0.39, 0.29) is 41.3 Å². The van der Waals surface area contributed by atoms with Crippen molar-refractivity contribution in [1.29, 1.82) is 0 Å². The standard InChI is InChI=1S/C21H16F3N3O6/c1-19(2)6-11(28)13-12(7-19)32-16-14(15(29)26-18(31)27-16)20(13)9-5-8(33-21(22,23)24)3-4-10(9)25-17(20)30/h3-5H,6-7H2,1-2H3,(H,25,30)(H2,26,27,29,31). The minimum atomic E-state index is -5.01. The number of ether oxygens (including phenoxy) is 2. The molecule has 0 radical (unpaired) electrons. The largest absolute Gasteiger partial charge is 0.573 e. The number of nitrogens with one attached hydrogen (secondary N) is 3. The van der Waals surface area contributed by atoms with Gasteiger partial charge >= 0.3 is 12.1 Å². The molecule has 5 rings (SSSR count). The molecule has 172 valence electrons. The molecular weight excluding hydrogens is 447 g/mol. The third kappa shape index (κ3) is 3.00. The van der Waals surface area contributed by atoms with Crippen molar-refractivity contribution in [2.45, 2.75) is 38.5 Å². The van der Waals surface area contributed by atoms with Crippen LogP contribution in [0.3, 0.4) is 0 Å². The monoisotopic (exact) mass is 463 g/mol.